The molecule has 1 aliphatic rings. The Labute approximate surface area is 144 Å². The highest BCUT2D eigenvalue weighted by Gasteiger charge is 2.34. The molecule has 3 rings (SSSR count). The molecular formula is C21H25NO2. The second-order valence-corrected chi connectivity index (χ2v) is 7.37. The largest absolute Gasteiger partial charge is 0.443 e. The zero-order chi connectivity index (χ0) is 17.2. The molecule has 1 heterocycles. The molecule has 126 valence electrons. The first kappa shape index (κ1) is 16.6. The predicted molar refractivity (Wildman–Crippen MR) is 97.5 cm³/mol. The quantitative estimate of drug-likeness (QED) is 0.781. The van der Waals surface area contributed by atoms with E-state index < -0.39 is 5.60 Å². The van der Waals surface area contributed by atoms with Gasteiger partial charge in [0, 0.05) is 12.5 Å². The summed E-state index contributed by atoms with van der Waals surface area (Å²) in [5.74, 6) is 0.355. The molecule has 0 aliphatic carbocycles. The predicted octanol–water partition coefficient (Wildman–Crippen LogP) is 5.16. The number of anilines is 1. The van der Waals surface area contributed by atoms with E-state index in [4.69, 9.17) is 4.74 Å². The van der Waals surface area contributed by atoms with Gasteiger partial charge in [-0.1, -0.05) is 48.5 Å². The van der Waals surface area contributed by atoms with Crippen molar-refractivity contribution in [1.82, 2.24) is 0 Å². The summed E-state index contributed by atoms with van der Waals surface area (Å²) in [7, 11) is 0. The number of fused-ring (bicyclic) bond motifs is 1. The highest BCUT2D eigenvalue weighted by molar-refractivity contribution is 5.91. The minimum atomic E-state index is -0.478. The number of hydrogen-bond acceptors (Lipinski definition) is 2. The van der Waals surface area contributed by atoms with Gasteiger partial charge >= 0.3 is 6.09 Å². The standard InChI is InChI=1S/C21H25NO2/c1-21(2,3)24-20(23)22-15-17(18-11-7-8-12-19(18)22)14-13-16-9-5-4-6-10-16/h4-12,17H,13-15H2,1-3H3. The summed E-state index contributed by atoms with van der Waals surface area (Å²) in [5, 5.41) is 0. The maximum absolute atomic E-state index is 12.5. The average molecular weight is 323 g/mol. The van der Waals surface area contributed by atoms with E-state index in [2.05, 4.69) is 30.3 Å². The van der Waals surface area contributed by atoms with E-state index in [1.165, 1.54) is 11.1 Å². The molecule has 0 aromatic heterocycles. The number of nitrogens with zero attached hydrogens (tertiary/aromatic N) is 1. The summed E-state index contributed by atoms with van der Waals surface area (Å²) in [5.41, 5.74) is 3.10. The Morgan fingerprint density at radius 3 is 2.46 bits per heavy atom. The van der Waals surface area contributed by atoms with Crippen LogP contribution in [0, 0.1) is 0 Å². The summed E-state index contributed by atoms with van der Waals surface area (Å²) < 4.78 is 5.58. The molecule has 0 saturated heterocycles. The fourth-order valence-electron chi connectivity index (χ4n) is 3.22. The minimum absolute atomic E-state index is 0.253. The van der Waals surface area contributed by atoms with Gasteiger partial charge in [-0.2, -0.15) is 0 Å². The number of aryl methyl sites for hydroxylation is 1. The first-order valence-electron chi connectivity index (χ1n) is 8.57. The van der Waals surface area contributed by atoms with Crippen LogP contribution in [-0.4, -0.2) is 18.2 Å². The zero-order valence-electron chi connectivity index (χ0n) is 14.7. The molecule has 0 saturated carbocycles. The average Bonchev–Trinajstić information content (AvgIpc) is 2.91. The maximum Gasteiger partial charge on any atom is 0.414 e. The van der Waals surface area contributed by atoms with Gasteiger partial charge in [-0.3, -0.25) is 4.90 Å². The molecule has 0 radical (unpaired) electrons. The number of carbonyl (C=O) groups excluding carboxylic acids is 1. The van der Waals surface area contributed by atoms with Crippen LogP contribution in [-0.2, 0) is 11.2 Å². The van der Waals surface area contributed by atoms with Crippen molar-refractivity contribution in [2.24, 2.45) is 0 Å². The normalized spacial score (nSPS) is 16.8. The Morgan fingerprint density at radius 2 is 1.75 bits per heavy atom. The Hall–Kier alpha value is -2.29. The van der Waals surface area contributed by atoms with Gasteiger partial charge in [0.05, 0.1) is 5.69 Å². The lowest BCUT2D eigenvalue weighted by Gasteiger charge is -2.25. The SMILES string of the molecule is CC(C)(C)OC(=O)N1CC(CCc2ccccc2)c2ccccc21. The van der Waals surface area contributed by atoms with Crippen molar-refractivity contribution in [2.75, 3.05) is 11.4 Å². The van der Waals surface area contributed by atoms with E-state index in [-0.39, 0.29) is 6.09 Å². The number of benzene rings is 2. The molecule has 0 fully saturated rings. The van der Waals surface area contributed by atoms with Crippen LogP contribution in [0.3, 0.4) is 0 Å². The maximum atomic E-state index is 12.5. The van der Waals surface area contributed by atoms with Crippen LogP contribution < -0.4 is 4.90 Å². The van der Waals surface area contributed by atoms with Crippen LogP contribution in [0.25, 0.3) is 0 Å². The lowest BCUT2D eigenvalue weighted by Crippen LogP contribution is -2.36. The molecule has 1 atom stereocenters. The highest BCUT2D eigenvalue weighted by atomic mass is 16.6. The second-order valence-electron chi connectivity index (χ2n) is 7.37. The molecule has 1 unspecified atom stereocenters. The molecule has 0 N–H and O–H groups in total. The molecule has 2 aromatic rings. The molecule has 24 heavy (non-hydrogen) atoms. The Bertz CT molecular complexity index is 703. The van der Waals surface area contributed by atoms with Crippen LogP contribution in [0.15, 0.2) is 54.6 Å². The van der Waals surface area contributed by atoms with Gasteiger partial charge in [0.15, 0.2) is 0 Å². The summed E-state index contributed by atoms with van der Waals surface area (Å²) in [6.45, 7) is 6.40. The topological polar surface area (TPSA) is 29.5 Å². The van der Waals surface area contributed by atoms with Gasteiger partial charge in [-0.15, -0.1) is 0 Å². The van der Waals surface area contributed by atoms with Crippen molar-refractivity contribution in [2.45, 2.75) is 45.1 Å². The molecule has 0 bridgehead atoms. The van der Waals surface area contributed by atoms with E-state index >= 15 is 0 Å². The summed E-state index contributed by atoms with van der Waals surface area (Å²) in [4.78, 5) is 14.3. The van der Waals surface area contributed by atoms with Gasteiger partial charge in [0.25, 0.3) is 0 Å². The molecule has 1 amide bonds. The zero-order valence-corrected chi connectivity index (χ0v) is 14.7. The monoisotopic (exact) mass is 323 g/mol. The third kappa shape index (κ3) is 3.78. The van der Waals surface area contributed by atoms with Gasteiger partial charge in [0.1, 0.15) is 5.60 Å². The lowest BCUT2D eigenvalue weighted by atomic mass is 9.94. The number of ether oxygens (including phenoxy) is 1. The van der Waals surface area contributed by atoms with Crippen molar-refractivity contribution in [3.8, 4) is 0 Å². The van der Waals surface area contributed by atoms with Crippen LogP contribution in [0.1, 0.15) is 44.2 Å². The number of para-hydroxylation sites is 1. The third-order valence-corrected chi connectivity index (χ3v) is 4.31. The van der Waals surface area contributed by atoms with E-state index in [1.54, 1.807) is 4.90 Å². The fourth-order valence-corrected chi connectivity index (χ4v) is 3.22. The van der Waals surface area contributed by atoms with Crippen molar-refractivity contribution in [3.63, 3.8) is 0 Å². The lowest BCUT2D eigenvalue weighted by molar-refractivity contribution is 0.0582. The number of amides is 1. The van der Waals surface area contributed by atoms with E-state index in [0.29, 0.717) is 12.5 Å². The Morgan fingerprint density at radius 1 is 1.08 bits per heavy atom. The first-order valence-corrected chi connectivity index (χ1v) is 8.57. The van der Waals surface area contributed by atoms with Crippen LogP contribution in [0.5, 0.6) is 0 Å². The summed E-state index contributed by atoms with van der Waals surface area (Å²) >= 11 is 0. The summed E-state index contributed by atoms with van der Waals surface area (Å²) in [6, 6.07) is 18.7. The van der Waals surface area contributed by atoms with Crippen molar-refractivity contribution >= 4 is 11.8 Å². The van der Waals surface area contributed by atoms with Gasteiger partial charge < -0.3 is 4.74 Å². The van der Waals surface area contributed by atoms with Crippen molar-refractivity contribution in [1.29, 1.82) is 0 Å². The van der Waals surface area contributed by atoms with Crippen LogP contribution >= 0.6 is 0 Å². The highest BCUT2D eigenvalue weighted by Crippen LogP contribution is 2.39. The fraction of sp³-hybridized carbons (Fsp3) is 0.381. The first-order chi connectivity index (χ1) is 11.4. The Balaban J connectivity index is 1.75. The number of rotatable bonds is 3. The second kappa shape index (κ2) is 6.68. The molecule has 3 heteroatoms. The number of carbonyl (C=O) groups is 1. The molecule has 0 spiro atoms. The molecular weight excluding hydrogens is 298 g/mol. The molecule has 3 nitrogen and oxygen atoms in total. The van der Waals surface area contributed by atoms with Gasteiger partial charge in [-0.05, 0) is 50.8 Å². The molecule has 2 aromatic carbocycles. The van der Waals surface area contributed by atoms with E-state index in [0.717, 1.165) is 18.5 Å². The molecule has 1 aliphatic heterocycles. The number of hydrogen-bond donors (Lipinski definition) is 0. The van der Waals surface area contributed by atoms with E-state index in [9.17, 15) is 4.79 Å². The van der Waals surface area contributed by atoms with Crippen LogP contribution in [0.4, 0.5) is 10.5 Å². The van der Waals surface area contributed by atoms with Crippen LogP contribution in [0.2, 0.25) is 0 Å². The Kier molecular flexibility index (Phi) is 4.61. The van der Waals surface area contributed by atoms with Crippen molar-refractivity contribution in [3.05, 3.63) is 65.7 Å². The van der Waals surface area contributed by atoms with Gasteiger partial charge in [0.2, 0.25) is 0 Å². The third-order valence-electron chi connectivity index (χ3n) is 4.31. The minimum Gasteiger partial charge on any atom is -0.443 e. The van der Waals surface area contributed by atoms with E-state index in [1.807, 2.05) is 45.0 Å². The summed E-state index contributed by atoms with van der Waals surface area (Å²) in [6.07, 6.45) is 1.79. The van der Waals surface area contributed by atoms with Gasteiger partial charge in [-0.25, -0.2) is 4.79 Å². The smallest absolute Gasteiger partial charge is 0.414 e. The van der Waals surface area contributed by atoms with Crippen molar-refractivity contribution < 1.29 is 9.53 Å².